The minimum Gasteiger partial charge on any atom is -0.389 e. The van der Waals surface area contributed by atoms with Gasteiger partial charge in [-0.15, -0.1) is 0 Å². The molecule has 2 rings (SSSR count). The summed E-state index contributed by atoms with van der Waals surface area (Å²) in [5, 5.41) is 10.1. The number of likely N-dealkylation sites (tertiary alicyclic amines) is 1. The van der Waals surface area contributed by atoms with Gasteiger partial charge < -0.3 is 24.4 Å². The van der Waals surface area contributed by atoms with Gasteiger partial charge in [0.25, 0.3) is 0 Å². The number of nitrogens with zero attached hydrogens (tertiary/aromatic N) is 2. The Kier molecular flexibility index (Phi) is 7.40. The van der Waals surface area contributed by atoms with Gasteiger partial charge in [-0.25, -0.2) is 0 Å². The van der Waals surface area contributed by atoms with Crippen molar-refractivity contribution in [2.24, 2.45) is 5.92 Å². The van der Waals surface area contributed by atoms with Gasteiger partial charge >= 0.3 is 0 Å². The molecule has 0 spiro atoms. The highest BCUT2D eigenvalue weighted by Crippen LogP contribution is 2.17. The first-order valence-electron chi connectivity index (χ1n) is 8.38. The van der Waals surface area contributed by atoms with E-state index in [1.165, 1.54) is 25.9 Å². The second kappa shape index (κ2) is 9.06. The van der Waals surface area contributed by atoms with Crippen molar-refractivity contribution < 1.29 is 14.6 Å². The molecule has 21 heavy (non-hydrogen) atoms. The van der Waals surface area contributed by atoms with Crippen molar-refractivity contribution in [3.8, 4) is 0 Å². The van der Waals surface area contributed by atoms with E-state index >= 15 is 0 Å². The highest BCUT2D eigenvalue weighted by atomic mass is 16.5. The number of ether oxygens (including phenoxy) is 2. The lowest BCUT2D eigenvalue weighted by molar-refractivity contribution is -0.0637. The molecule has 2 saturated heterocycles. The van der Waals surface area contributed by atoms with Crippen LogP contribution in [-0.2, 0) is 9.47 Å². The van der Waals surface area contributed by atoms with Crippen LogP contribution in [0.3, 0.4) is 0 Å². The van der Waals surface area contributed by atoms with Crippen molar-refractivity contribution in [2.45, 2.75) is 37.9 Å². The minimum absolute atomic E-state index is 0.271. The molecule has 0 aliphatic carbocycles. The molecule has 0 aromatic rings. The molecule has 0 radical (unpaired) electrons. The Hall–Kier alpha value is -0.200. The summed E-state index contributed by atoms with van der Waals surface area (Å²) in [5.74, 6) is 0.773. The molecule has 0 bridgehead atoms. The number of rotatable bonds is 7. The van der Waals surface area contributed by atoms with E-state index in [1.54, 1.807) is 0 Å². The Morgan fingerprint density at radius 3 is 2.57 bits per heavy atom. The SMILES string of the molecule is CN1CCC(CN(C)CC(O)COC2CCOCC2)CC1. The summed E-state index contributed by atoms with van der Waals surface area (Å²) in [7, 11) is 4.30. The van der Waals surface area contributed by atoms with Gasteiger partial charge in [0.1, 0.15) is 0 Å². The van der Waals surface area contributed by atoms with Crippen LogP contribution < -0.4 is 0 Å². The van der Waals surface area contributed by atoms with Gasteiger partial charge in [0.2, 0.25) is 0 Å². The van der Waals surface area contributed by atoms with Crippen LogP contribution in [0.5, 0.6) is 0 Å². The Labute approximate surface area is 129 Å². The highest BCUT2D eigenvalue weighted by molar-refractivity contribution is 4.74. The molecular weight excluding hydrogens is 268 g/mol. The molecular formula is C16H32N2O3. The quantitative estimate of drug-likeness (QED) is 0.754. The summed E-state index contributed by atoms with van der Waals surface area (Å²) in [4.78, 5) is 4.65. The van der Waals surface area contributed by atoms with Crippen LogP contribution in [0.25, 0.3) is 0 Å². The van der Waals surface area contributed by atoms with Gasteiger partial charge in [-0.1, -0.05) is 0 Å². The lowest BCUT2D eigenvalue weighted by Crippen LogP contribution is -2.39. The molecule has 1 atom stereocenters. The Bertz CT molecular complexity index is 277. The number of hydrogen-bond donors (Lipinski definition) is 1. The summed E-state index contributed by atoms with van der Waals surface area (Å²) in [6.07, 6.45) is 4.35. The lowest BCUT2D eigenvalue weighted by atomic mass is 9.96. The molecule has 5 nitrogen and oxygen atoms in total. The molecule has 2 fully saturated rings. The summed E-state index contributed by atoms with van der Waals surface area (Å²) in [6.45, 7) is 6.22. The first-order valence-corrected chi connectivity index (χ1v) is 8.38. The molecule has 5 heteroatoms. The third kappa shape index (κ3) is 6.61. The van der Waals surface area contributed by atoms with E-state index in [9.17, 15) is 5.11 Å². The van der Waals surface area contributed by atoms with Crippen LogP contribution in [0, 0.1) is 5.92 Å². The molecule has 2 aliphatic heterocycles. The molecule has 1 unspecified atom stereocenters. The van der Waals surface area contributed by atoms with Crippen molar-refractivity contribution in [3.63, 3.8) is 0 Å². The summed E-state index contributed by atoms with van der Waals surface area (Å²) >= 11 is 0. The largest absolute Gasteiger partial charge is 0.389 e. The van der Waals surface area contributed by atoms with E-state index in [0.717, 1.165) is 38.5 Å². The average Bonchev–Trinajstić information content (AvgIpc) is 2.48. The standard InChI is InChI=1S/C16H32N2O3/c1-17-7-3-14(4-8-17)11-18(2)12-15(19)13-21-16-5-9-20-10-6-16/h14-16,19H,3-13H2,1-2H3. The van der Waals surface area contributed by atoms with Gasteiger partial charge in [0.05, 0.1) is 18.8 Å². The number of aliphatic hydroxyl groups excluding tert-OH is 1. The first kappa shape index (κ1) is 17.2. The molecule has 124 valence electrons. The zero-order chi connectivity index (χ0) is 15.1. The molecule has 0 aromatic carbocycles. The van der Waals surface area contributed by atoms with Crippen LogP contribution >= 0.6 is 0 Å². The summed E-state index contributed by atoms with van der Waals surface area (Å²) in [6, 6.07) is 0. The van der Waals surface area contributed by atoms with Gasteiger partial charge in [-0.2, -0.15) is 0 Å². The van der Waals surface area contributed by atoms with E-state index in [-0.39, 0.29) is 12.2 Å². The second-order valence-electron chi connectivity index (χ2n) is 6.77. The summed E-state index contributed by atoms with van der Waals surface area (Å²) in [5.41, 5.74) is 0. The molecule has 0 aromatic heterocycles. The van der Waals surface area contributed by atoms with E-state index in [0.29, 0.717) is 13.2 Å². The van der Waals surface area contributed by atoms with Gasteiger partial charge in [0.15, 0.2) is 0 Å². The van der Waals surface area contributed by atoms with Crippen molar-refractivity contribution in [1.82, 2.24) is 9.80 Å². The highest BCUT2D eigenvalue weighted by Gasteiger charge is 2.20. The number of aliphatic hydroxyl groups is 1. The van der Waals surface area contributed by atoms with Crippen LogP contribution in [0.4, 0.5) is 0 Å². The minimum atomic E-state index is -0.385. The molecule has 0 amide bonds. The van der Waals surface area contributed by atoms with Gasteiger partial charge in [0, 0.05) is 26.3 Å². The monoisotopic (exact) mass is 300 g/mol. The van der Waals surface area contributed by atoms with Gasteiger partial charge in [-0.05, 0) is 58.8 Å². The first-order chi connectivity index (χ1) is 10.1. The van der Waals surface area contributed by atoms with Crippen LogP contribution in [0.2, 0.25) is 0 Å². The zero-order valence-corrected chi connectivity index (χ0v) is 13.7. The van der Waals surface area contributed by atoms with E-state index in [2.05, 4.69) is 23.9 Å². The smallest absolute Gasteiger partial charge is 0.0900 e. The fourth-order valence-electron chi connectivity index (χ4n) is 3.26. The predicted octanol–water partition coefficient (Wildman–Crippen LogP) is 0.817. The molecule has 2 aliphatic rings. The number of likely N-dealkylation sites (N-methyl/N-ethyl adjacent to an activating group) is 1. The van der Waals surface area contributed by atoms with Crippen molar-refractivity contribution in [3.05, 3.63) is 0 Å². The third-order valence-electron chi connectivity index (χ3n) is 4.62. The zero-order valence-electron chi connectivity index (χ0n) is 13.7. The second-order valence-corrected chi connectivity index (χ2v) is 6.77. The third-order valence-corrected chi connectivity index (χ3v) is 4.62. The van der Waals surface area contributed by atoms with Crippen LogP contribution in [0.15, 0.2) is 0 Å². The molecule has 1 N–H and O–H groups in total. The Morgan fingerprint density at radius 2 is 1.90 bits per heavy atom. The lowest BCUT2D eigenvalue weighted by Gasteiger charge is -2.32. The van der Waals surface area contributed by atoms with Gasteiger partial charge in [-0.3, -0.25) is 0 Å². The normalized spacial score (nSPS) is 24.6. The number of hydrogen-bond acceptors (Lipinski definition) is 5. The fraction of sp³-hybridized carbons (Fsp3) is 1.00. The van der Waals surface area contributed by atoms with E-state index in [4.69, 9.17) is 9.47 Å². The average molecular weight is 300 g/mol. The molecule has 0 saturated carbocycles. The predicted molar refractivity (Wildman–Crippen MR) is 83.5 cm³/mol. The van der Waals surface area contributed by atoms with Crippen molar-refractivity contribution in [2.75, 3.05) is 60.1 Å². The maximum absolute atomic E-state index is 10.1. The van der Waals surface area contributed by atoms with E-state index in [1.807, 2.05) is 0 Å². The van der Waals surface area contributed by atoms with E-state index < -0.39 is 0 Å². The fourth-order valence-corrected chi connectivity index (χ4v) is 3.26. The Balaban J connectivity index is 1.57. The summed E-state index contributed by atoms with van der Waals surface area (Å²) < 4.78 is 11.1. The van der Waals surface area contributed by atoms with Crippen LogP contribution in [-0.4, -0.2) is 87.2 Å². The topological polar surface area (TPSA) is 45.2 Å². The van der Waals surface area contributed by atoms with Crippen molar-refractivity contribution in [1.29, 1.82) is 0 Å². The Morgan fingerprint density at radius 1 is 1.24 bits per heavy atom. The van der Waals surface area contributed by atoms with Crippen LogP contribution in [0.1, 0.15) is 25.7 Å². The maximum atomic E-state index is 10.1. The van der Waals surface area contributed by atoms with Crippen molar-refractivity contribution >= 4 is 0 Å². The molecule has 2 heterocycles. The number of piperidine rings is 1. The maximum Gasteiger partial charge on any atom is 0.0900 e.